The molecule has 0 radical (unpaired) electrons. The molecule has 0 bridgehead atoms. The van der Waals surface area contributed by atoms with Crippen molar-refractivity contribution in [2.45, 2.75) is 19.6 Å². The topological polar surface area (TPSA) is 38.0 Å². The maximum Gasteiger partial charge on any atom is 0.150 e. The van der Waals surface area contributed by atoms with E-state index in [4.69, 9.17) is 0 Å². The molecule has 0 saturated heterocycles. The Morgan fingerprint density at radius 1 is 1.25 bits per heavy atom. The lowest BCUT2D eigenvalue weighted by atomic mass is 10.1. The molecule has 3 nitrogen and oxygen atoms in total. The number of hydrogen-bond acceptors (Lipinski definition) is 3. The summed E-state index contributed by atoms with van der Waals surface area (Å²) in [7, 11) is 0. The quantitative estimate of drug-likeness (QED) is 0.794. The van der Waals surface area contributed by atoms with Crippen molar-refractivity contribution in [1.82, 2.24) is 9.55 Å². The largest absolute Gasteiger partial charge is 0.387 e. The van der Waals surface area contributed by atoms with Gasteiger partial charge in [-0.1, -0.05) is 35.9 Å². The number of hydrogen-bond donors (Lipinski definition) is 1. The number of nitrogens with zero attached hydrogens (tertiary/aromatic N) is 2. The van der Waals surface area contributed by atoms with Gasteiger partial charge in [-0.15, -0.1) is 11.3 Å². The zero-order chi connectivity index (χ0) is 13.9. The molecule has 0 spiro atoms. The molecule has 1 atom stereocenters. The van der Waals surface area contributed by atoms with E-state index >= 15 is 0 Å². The van der Waals surface area contributed by atoms with Crippen LogP contribution in [-0.4, -0.2) is 14.7 Å². The van der Waals surface area contributed by atoms with Crippen molar-refractivity contribution in [3.8, 4) is 10.7 Å². The molecule has 1 aromatic carbocycles. The summed E-state index contributed by atoms with van der Waals surface area (Å²) in [6, 6.07) is 12.0. The molecule has 3 rings (SSSR count). The van der Waals surface area contributed by atoms with E-state index in [0.717, 1.165) is 16.3 Å². The molecule has 0 fully saturated rings. The highest BCUT2D eigenvalue weighted by molar-refractivity contribution is 7.13. The van der Waals surface area contributed by atoms with Gasteiger partial charge in [0.1, 0.15) is 5.82 Å². The summed E-state index contributed by atoms with van der Waals surface area (Å²) in [4.78, 5) is 5.50. The number of imidazole rings is 1. The number of rotatable bonds is 4. The summed E-state index contributed by atoms with van der Waals surface area (Å²) in [5.41, 5.74) is 2.13. The van der Waals surface area contributed by atoms with Crippen molar-refractivity contribution in [1.29, 1.82) is 0 Å². The zero-order valence-corrected chi connectivity index (χ0v) is 12.0. The summed E-state index contributed by atoms with van der Waals surface area (Å²) in [5.74, 6) is 0.908. The Kier molecular flexibility index (Phi) is 3.67. The summed E-state index contributed by atoms with van der Waals surface area (Å²) in [6.07, 6.45) is 3.16. The van der Waals surface area contributed by atoms with Crippen molar-refractivity contribution in [2.24, 2.45) is 0 Å². The minimum atomic E-state index is -0.525. The molecule has 1 N–H and O–H groups in total. The van der Waals surface area contributed by atoms with Gasteiger partial charge in [0.15, 0.2) is 0 Å². The van der Waals surface area contributed by atoms with Crippen molar-refractivity contribution in [2.75, 3.05) is 0 Å². The second-order valence-electron chi connectivity index (χ2n) is 4.81. The van der Waals surface area contributed by atoms with E-state index in [1.54, 1.807) is 17.5 Å². The highest BCUT2D eigenvalue weighted by Gasteiger charge is 2.12. The maximum atomic E-state index is 10.4. The molecule has 1 unspecified atom stereocenters. The van der Waals surface area contributed by atoms with Gasteiger partial charge in [0.2, 0.25) is 0 Å². The normalized spacial score (nSPS) is 12.5. The van der Waals surface area contributed by atoms with Crippen molar-refractivity contribution in [3.05, 3.63) is 65.3 Å². The molecule has 0 aliphatic carbocycles. The lowest BCUT2D eigenvalue weighted by Crippen LogP contribution is -2.09. The fourth-order valence-corrected chi connectivity index (χ4v) is 2.90. The monoisotopic (exact) mass is 284 g/mol. The first kappa shape index (κ1) is 13.1. The summed E-state index contributed by atoms with van der Waals surface area (Å²) >= 11 is 1.65. The Hall–Kier alpha value is -1.91. The second kappa shape index (κ2) is 5.61. The van der Waals surface area contributed by atoms with Crippen LogP contribution in [0.3, 0.4) is 0 Å². The zero-order valence-electron chi connectivity index (χ0n) is 11.2. The number of thiophene rings is 1. The van der Waals surface area contributed by atoms with Crippen LogP contribution in [0.25, 0.3) is 10.7 Å². The van der Waals surface area contributed by atoms with E-state index in [2.05, 4.69) is 4.98 Å². The summed E-state index contributed by atoms with van der Waals surface area (Å²) in [5, 5.41) is 12.4. The Morgan fingerprint density at radius 3 is 2.75 bits per heavy atom. The highest BCUT2D eigenvalue weighted by atomic mass is 32.1. The van der Waals surface area contributed by atoms with E-state index < -0.39 is 6.10 Å². The van der Waals surface area contributed by atoms with Gasteiger partial charge in [-0.25, -0.2) is 4.98 Å². The van der Waals surface area contributed by atoms with Crippen LogP contribution in [0.4, 0.5) is 0 Å². The molecule has 20 heavy (non-hydrogen) atoms. The Labute approximate surface area is 122 Å². The van der Waals surface area contributed by atoms with E-state index in [1.807, 2.05) is 59.5 Å². The molecule has 3 aromatic rings. The SMILES string of the molecule is Cc1ccc(C(O)Cn2ccnc2-c2cccs2)cc1. The third-order valence-corrected chi connectivity index (χ3v) is 4.15. The Balaban J connectivity index is 1.81. The van der Waals surface area contributed by atoms with E-state index in [0.29, 0.717) is 6.54 Å². The van der Waals surface area contributed by atoms with Gasteiger partial charge in [0.25, 0.3) is 0 Å². The molecule has 2 heterocycles. The van der Waals surface area contributed by atoms with Gasteiger partial charge < -0.3 is 9.67 Å². The van der Waals surface area contributed by atoms with Gasteiger partial charge in [0, 0.05) is 12.4 Å². The third-order valence-electron chi connectivity index (χ3n) is 3.29. The molecule has 2 aromatic heterocycles. The Morgan fingerprint density at radius 2 is 2.05 bits per heavy atom. The maximum absolute atomic E-state index is 10.4. The van der Waals surface area contributed by atoms with Crippen LogP contribution in [-0.2, 0) is 6.54 Å². The van der Waals surface area contributed by atoms with Crippen LogP contribution < -0.4 is 0 Å². The number of benzene rings is 1. The first-order valence-corrected chi connectivity index (χ1v) is 7.41. The number of aliphatic hydroxyl groups excluding tert-OH is 1. The minimum Gasteiger partial charge on any atom is -0.387 e. The lowest BCUT2D eigenvalue weighted by Gasteiger charge is -2.14. The van der Waals surface area contributed by atoms with Gasteiger partial charge in [-0.05, 0) is 23.9 Å². The van der Waals surface area contributed by atoms with Crippen LogP contribution >= 0.6 is 11.3 Å². The molecule has 102 valence electrons. The molecule has 4 heteroatoms. The van der Waals surface area contributed by atoms with Crippen LogP contribution in [0, 0.1) is 6.92 Å². The highest BCUT2D eigenvalue weighted by Crippen LogP contribution is 2.25. The Bertz CT molecular complexity index is 671. The predicted octanol–water partition coefficient (Wildman–Crippen LogP) is 3.65. The molecule has 0 aliphatic heterocycles. The lowest BCUT2D eigenvalue weighted by molar-refractivity contribution is 0.157. The van der Waals surface area contributed by atoms with Crippen LogP contribution in [0.5, 0.6) is 0 Å². The fraction of sp³-hybridized carbons (Fsp3) is 0.188. The number of aromatic nitrogens is 2. The number of aryl methyl sites for hydroxylation is 1. The smallest absolute Gasteiger partial charge is 0.150 e. The molecule has 0 saturated carbocycles. The minimum absolute atomic E-state index is 0.510. The predicted molar refractivity (Wildman–Crippen MR) is 81.7 cm³/mol. The van der Waals surface area contributed by atoms with Crippen LogP contribution in [0.2, 0.25) is 0 Å². The van der Waals surface area contributed by atoms with Crippen LogP contribution in [0.15, 0.2) is 54.2 Å². The first-order chi connectivity index (χ1) is 9.74. The van der Waals surface area contributed by atoms with Crippen molar-refractivity contribution in [3.63, 3.8) is 0 Å². The van der Waals surface area contributed by atoms with Gasteiger partial charge in [-0.2, -0.15) is 0 Å². The van der Waals surface area contributed by atoms with E-state index in [9.17, 15) is 5.11 Å². The molecular formula is C16H16N2OS. The van der Waals surface area contributed by atoms with Crippen molar-refractivity contribution >= 4 is 11.3 Å². The van der Waals surface area contributed by atoms with Crippen LogP contribution in [0.1, 0.15) is 17.2 Å². The fourth-order valence-electron chi connectivity index (χ4n) is 2.17. The molecule has 0 aliphatic rings. The van der Waals surface area contributed by atoms with Gasteiger partial charge >= 0.3 is 0 Å². The standard InChI is InChI=1S/C16H16N2OS/c1-12-4-6-13(7-5-12)14(19)11-18-9-8-17-16(18)15-3-2-10-20-15/h2-10,14,19H,11H2,1H3. The average molecular weight is 284 g/mol. The van der Waals surface area contributed by atoms with Gasteiger partial charge in [-0.3, -0.25) is 0 Å². The molecule has 0 amide bonds. The van der Waals surface area contributed by atoms with E-state index in [1.165, 1.54) is 5.56 Å². The number of aliphatic hydroxyl groups is 1. The first-order valence-electron chi connectivity index (χ1n) is 6.53. The van der Waals surface area contributed by atoms with E-state index in [-0.39, 0.29) is 0 Å². The average Bonchev–Trinajstić information content (AvgIpc) is 3.09. The second-order valence-corrected chi connectivity index (χ2v) is 5.75. The van der Waals surface area contributed by atoms with Crippen molar-refractivity contribution < 1.29 is 5.11 Å². The molecular weight excluding hydrogens is 268 g/mol. The third kappa shape index (κ3) is 2.66. The summed E-state index contributed by atoms with van der Waals surface area (Å²) in [6.45, 7) is 2.55. The van der Waals surface area contributed by atoms with Gasteiger partial charge in [0.05, 0.1) is 17.5 Å². The summed E-state index contributed by atoms with van der Waals surface area (Å²) < 4.78 is 2.00.